The SMILES string of the molecule is Cc1cc(C(C)NC(=O)c2ccc(OCC(F)(F)F)c(C)n2)cc(CC(=O)C(C)C)n1. The fourth-order valence-corrected chi connectivity index (χ4v) is 2.83. The summed E-state index contributed by atoms with van der Waals surface area (Å²) in [7, 11) is 0. The Morgan fingerprint density at radius 3 is 2.35 bits per heavy atom. The third-order valence-electron chi connectivity index (χ3n) is 4.54. The lowest BCUT2D eigenvalue weighted by molar-refractivity contribution is -0.153. The quantitative estimate of drug-likeness (QED) is 0.666. The van der Waals surface area contributed by atoms with Gasteiger partial charge in [-0.1, -0.05) is 13.8 Å². The molecule has 0 saturated heterocycles. The number of nitrogens with one attached hydrogen (secondary N) is 1. The van der Waals surface area contributed by atoms with Gasteiger partial charge in [-0.15, -0.1) is 0 Å². The Bertz CT molecular complexity index is 959. The first kappa shape index (κ1) is 24.3. The van der Waals surface area contributed by atoms with E-state index < -0.39 is 24.7 Å². The van der Waals surface area contributed by atoms with Crippen LogP contribution >= 0.6 is 0 Å². The van der Waals surface area contributed by atoms with Crippen LogP contribution in [0.25, 0.3) is 0 Å². The highest BCUT2D eigenvalue weighted by molar-refractivity contribution is 5.92. The first-order chi connectivity index (χ1) is 14.4. The van der Waals surface area contributed by atoms with Crippen molar-refractivity contribution in [3.63, 3.8) is 0 Å². The number of hydrogen-bond donors (Lipinski definition) is 1. The van der Waals surface area contributed by atoms with Crippen molar-refractivity contribution in [2.45, 2.75) is 53.3 Å². The maximum Gasteiger partial charge on any atom is 0.422 e. The third kappa shape index (κ3) is 7.34. The number of nitrogens with zero attached hydrogens (tertiary/aromatic N) is 2. The predicted octanol–water partition coefficient (Wildman–Crippen LogP) is 4.29. The molecule has 0 radical (unpaired) electrons. The standard InChI is InChI=1S/C22H26F3N3O3/c1-12(2)19(29)10-17-9-16(8-13(3)26-17)14(4)28-21(30)18-6-7-20(15(5)27-18)31-11-22(23,24)25/h6-9,12,14H,10-11H2,1-5H3,(H,28,30). The number of aryl methyl sites for hydroxylation is 2. The number of hydrogen-bond acceptors (Lipinski definition) is 5. The predicted molar refractivity (Wildman–Crippen MR) is 109 cm³/mol. The molecule has 2 aromatic heterocycles. The Morgan fingerprint density at radius 1 is 1.10 bits per heavy atom. The molecule has 6 nitrogen and oxygen atoms in total. The van der Waals surface area contributed by atoms with Crippen molar-refractivity contribution < 1.29 is 27.5 Å². The number of rotatable bonds is 8. The fourth-order valence-electron chi connectivity index (χ4n) is 2.83. The summed E-state index contributed by atoms with van der Waals surface area (Å²) in [6.45, 7) is 7.30. The third-order valence-corrected chi connectivity index (χ3v) is 4.54. The van der Waals surface area contributed by atoms with E-state index >= 15 is 0 Å². The van der Waals surface area contributed by atoms with Gasteiger partial charge in [0.05, 0.1) is 11.7 Å². The smallest absolute Gasteiger partial charge is 0.422 e. The lowest BCUT2D eigenvalue weighted by atomic mass is 10.0. The Kier molecular flexibility index (Phi) is 7.75. The molecular weight excluding hydrogens is 411 g/mol. The topological polar surface area (TPSA) is 81.2 Å². The number of carbonyl (C=O) groups is 2. The normalized spacial score (nSPS) is 12.5. The molecule has 0 fully saturated rings. The molecule has 0 bridgehead atoms. The maximum atomic E-state index is 12.6. The minimum atomic E-state index is -4.46. The molecule has 2 aromatic rings. The maximum absolute atomic E-state index is 12.6. The van der Waals surface area contributed by atoms with Gasteiger partial charge < -0.3 is 10.1 Å². The molecule has 0 aromatic carbocycles. The van der Waals surface area contributed by atoms with Crippen LogP contribution in [0.2, 0.25) is 0 Å². The van der Waals surface area contributed by atoms with Gasteiger partial charge in [-0.25, -0.2) is 4.98 Å². The van der Waals surface area contributed by atoms with Gasteiger partial charge in [-0.3, -0.25) is 14.6 Å². The van der Waals surface area contributed by atoms with Gasteiger partial charge in [-0.05, 0) is 50.6 Å². The summed E-state index contributed by atoms with van der Waals surface area (Å²) in [5, 5.41) is 2.81. The molecule has 0 saturated carbocycles. The van der Waals surface area contributed by atoms with Crippen LogP contribution in [0.1, 0.15) is 59.9 Å². The van der Waals surface area contributed by atoms with Crippen LogP contribution in [0.15, 0.2) is 24.3 Å². The van der Waals surface area contributed by atoms with E-state index in [9.17, 15) is 22.8 Å². The van der Waals surface area contributed by atoms with Gasteiger partial charge in [0.25, 0.3) is 5.91 Å². The minimum Gasteiger partial charge on any atom is -0.482 e. The van der Waals surface area contributed by atoms with Crippen molar-refractivity contribution in [3.05, 3.63) is 52.6 Å². The zero-order chi connectivity index (χ0) is 23.3. The van der Waals surface area contributed by atoms with Gasteiger partial charge in [0, 0.05) is 23.7 Å². The molecule has 9 heteroatoms. The van der Waals surface area contributed by atoms with Crippen LogP contribution in [0.5, 0.6) is 5.75 Å². The fraction of sp³-hybridized carbons (Fsp3) is 0.455. The van der Waals surface area contributed by atoms with Crippen molar-refractivity contribution >= 4 is 11.7 Å². The molecule has 1 unspecified atom stereocenters. The van der Waals surface area contributed by atoms with Gasteiger partial charge in [0.15, 0.2) is 6.61 Å². The van der Waals surface area contributed by atoms with Crippen LogP contribution in [0.3, 0.4) is 0 Å². The molecule has 31 heavy (non-hydrogen) atoms. The minimum absolute atomic E-state index is 0.0360. The number of ketones is 1. The van der Waals surface area contributed by atoms with E-state index in [1.165, 1.54) is 19.1 Å². The summed E-state index contributed by atoms with van der Waals surface area (Å²) in [5.74, 6) is -0.535. The number of pyridine rings is 2. The molecule has 0 spiro atoms. The van der Waals surface area contributed by atoms with Crippen LogP contribution < -0.4 is 10.1 Å². The Hall–Kier alpha value is -2.97. The number of aromatic nitrogens is 2. The Labute approximate surface area is 179 Å². The zero-order valence-corrected chi connectivity index (χ0v) is 18.1. The molecule has 168 valence electrons. The van der Waals surface area contributed by atoms with E-state index in [0.717, 1.165) is 11.3 Å². The molecule has 2 heterocycles. The number of ether oxygens (including phenoxy) is 1. The highest BCUT2D eigenvalue weighted by Crippen LogP contribution is 2.22. The molecule has 0 aliphatic rings. The Balaban J connectivity index is 2.11. The second-order valence-corrected chi connectivity index (χ2v) is 7.71. The summed E-state index contributed by atoms with van der Waals surface area (Å²) < 4.78 is 41.7. The van der Waals surface area contributed by atoms with Crippen LogP contribution in [0, 0.1) is 19.8 Å². The van der Waals surface area contributed by atoms with Gasteiger partial charge in [0.2, 0.25) is 0 Å². The van der Waals surface area contributed by atoms with E-state index in [1.54, 1.807) is 13.0 Å². The van der Waals surface area contributed by atoms with Gasteiger partial charge in [0.1, 0.15) is 17.2 Å². The van der Waals surface area contributed by atoms with E-state index in [4.69, 9.17) is 4.74 Å². The van der Waals surface area contributed by atoms with E-state index in [0.29, 0.717) is 5.69 Å². The summed E-state index contributed by atoms with van der Waals surface area (Å²) in [6, 6.07) is 5.81. The van der Waals surface area contributed by atoms with Crippen molar-refractivity contribution in [2.24, 2.45) is 5.92 Å². The number of halogens is 3. The van der Waals surface area contributed by atoms with E-state index in [-0.39, 0.29) is 35.3 Å². The van der Waals surface area contributed by atoms with Crippen LogP contribution in [-0.2, 0) is 11.2 Å². The largest absolute Gasteiger partial charge is 0.482 e. The molecule has 0 aliphatic carbocycles. The summed E-state index contributed by atoms with van der Waals surface area (Å²) in [5.41, 5.74) is 2.39. The first-order valence-corrected chi connectivity index (χ1v) is 9.84. The lowest BCUT2D eigenvalue weighted by Gasteiger charge is -2.17. The molecule has 0 aliphatic heterocycles. The molecule has 1 atom stereocenters. The average molecular weight is 437 g/mol. The van der Waals surface area contributed by atoms with Crippen molar-refractivity contribution in [3.8, 4) is 5.75 Å². The number of amides is 1. The Morgan fingerprint density at radius 2 is 1.77 bits per heavy atom. The number of alkyl halides is 3. The van der Waals surface area contributed by atoms with E-state index in [2.05, 4.69) is 15.3 Å². The second-order valence-electron chi connectivity index (χ2n) is 7.71. The average Bonchev–Trinajstić information content (AvgIpc) is 2.65. The van der Waals surface area contributed by atoms with Crippen molar-refractivity contribution in [1.82, 2.24) is 15.3 Å². The van der Waals surface area contributed by atoms with Crippen molar-refractivity contribution in [1.29, 1.82) is 0 Å². The van der Waals surface area contributed by atoms with Gasteiger partial charge in [-0.2, -0.15) is 13.2 Å². The number of carbonyl (C=O) groups excluding carboxylic acids is 2. The second kappa shape index (κ2) is 9.89. The summed E-state index contributed by atoms with van der Waals surface area (Å²) >= 11 is 0. The zero-order valence-electron chi connectivity index (χ0n) is 18.1. The van der Waals surface area contributed by atoms with Gasteiger partial charge >= 0.3 is 6.18 Å². The molecule has 1 amide bonds. The molecular formula is C22H26F3N3O3. The van der Waals surface area contributed by atoms with E-state index in [1.807, 2.05) is 26.8 Å². The first-order valence-electron chi connectivity index (χ1n) is 9.84. The molecule has 2 rings (SSSR count). The number of Topliss-reactive ketones (excluding diaryl/α,β-unsaturated/α-hetero) is 1. The van der Waals surface area contributed by atoms with Crippen LogP contribution in [0.4, 0.5) is 13.2 Å². The molecule has 1 N–H and O–H groups in total. The lowest BCUT2D eigenvalue weighted by Crippen LogP contribution is -2.28. The summed E-state index contributed by atoms with van der Waals surface area (Å²) in [6.07, 6.45) is -4.24. The summed E-state index contributed by atoms with van der Waals surface area (Å²) in [4.78, 5) is 33.1. The van der Waals surface area contributed by atoms with Crippen LogP contribution in [-0.4, -0.2) is 34.4 Å². The highest BCUT2D eigenvalue weighted by atomic mass is 19.4. The monoisotopic (exact) mass is 437 g/mol. The highest BCUT2D eigenvalue weighted by Gasteiger charge is 2.29. The van der Waals surface area contributed by atoms with Crippen molar-refractivity contribution in [2.75, 3.05) is 6.61 Å².